The van der Waals surface area contributed by atoms with Gasteiger partial charge >= 0.3 is 5.97 Å². The molecule has 1 saturated heterocycles. The van der Waals surface area contributed by atoms with Crippen LogP contribution in [0.15, 0.2) is 77.7 Å². The summed E-state index contributed by atoms with van der Waals surface area (Å²) in [4.78, 5) is 25.3. The summed E-state index contributed by atoms with van der Waals surface area (Å²) in [6, 6.07) is 23.0. The molecule has 4 rings (SSSR count). The van der Waals surface area contributed by atoms with E-state index in [1.165, 1.54) is 5.56 Å². The summed E-state index contributed by atoms with van der Waals surface area (Å²) >= 11 is 12.3. The Hall–Kier alpha value is -3.33. The number of hydrogen-bond donors (Lipinski definition) is 1. The van der Waals surface area contributed by atoms with Gasteiger partial charge < -0.3 is 14.6 Å². The first-order valence-electron chi connectivity index (χ1n) is 11.5. The Morgan fingerprint density at radius 1 is 1.03 bits per heavy atom. The third-order valence-electron chi connectivity index (χ3n) is 5.46. The number of nitrogens with zero attached hydrogens (tertiary/aromatic N) is 1. The number of ether oxygens (including phenoxy) is 2. The van der Waals surface area contributed by atoms with Crippen LogP contribution in [-0.4, -0.2) is 39.4 Å². The second kappa shape index (κ2) is 12.8. The van der Waals surface area contributed by atoms with Gasteiger partial charge in [0.2, 0.25) is 0 Å². The standard InChI is InChI=1S/C28H24ClNO5S2/c29-22-10-8-20(9-11-22)18-35-24-13-12-23(34-14-4-7-19-5-2-1-3-6-19)15-21(24)16-25-27(33)30(17-26(31)32)28(36)37-25/h1-3,5-6,8-13,15-16H,4,7,14,17-18H2,(H,31,32)/b25-16+. The van der Waals surface area contributed by atoms with Gasteiger partial charge in [-0.05, 0) is 60.4 Å². The van der Waals surface area contributed by atoms with Crippen molar-refractivity contribution in [1.82, 2.24) is 4.90 Å². The molecule has 3 aromatic carbocycles. The SMILES string of the molecule is O=C(O)CN1C(=O)/C(=C\c2cc(OCCCc3ccccc3)ccc2OCc2ccc(Cl)cc2)SC1=S. The van der Waals surface area contributed by atoms with Crippen LogP contribution in [0.3, 0.4) is 0 Å². The van der Waals surface area contributed by atoms with E-state index in [2.05, 4.69) is 12.1 Å². The van der Waals surface area contributed by atoms with Gasteiger partial charge in [-0.1, -0.05) is 78.0 Å². The molecule has 1 N–H and O–H groups in total. The molecule has 9 heteroatoms. The second-order valence-electron chi connectivity index (χ2n) is 8.21. The van der Waals surface area contributed by atoms with Crippen molar-refractivity contribution >= 4 is 57.9 Å². The largest absolute Gasteiger partial charge is 0.494 e. The van der Waals surface area contributed by atoms with Crippen LogP contribution in [0.25, 0.3) is 6.08 Å². The van der Waals surface area contributed by atoms with Gasteiger partial charge in [0.15, 0.2) is 0 Å². The van der Waals surface area contributed by atoms with Crippen LogP contribution in [0.5, 0.6) is 11.5 Å². The third kappa shape index (κ3) is 7.58. The summed E-state index contributed by atoms with van der Waals surface area (Å²) in [5, 5.41) is 9.75. The monoisotopic (exact) mass is 553 g/mol. The topological polar surface area (TPSA) is 76.1 Å². The molecule has 1 aliphatic rings. The maximum Gasteiger partial charge on any atom is 0.323 e. The number of thioether (sulfide) groups is 1. The predicted octanol–water partition coefficient (Wildman–Crippen LogP) is 6.22. The molecule has 190 valence electrons. The van der Waals surface area contributed by atoms with Gasteiger partial charge in [-0.2, -0.15) is 0 Å². The molecule has 1 amide bonds. The maximum atomic E-state index is 12.8. The number of hydrogen-bond acceptors (Lipinski definition) is 6. The molecule has 0 atom stereocenters. The Balaban J connectivity index is 1.51. The highest BCUT2D eigenvalue weighted by Gasteiger charge is 2.33. The zero-order valence-electron chi connectivity index (χ0n) is 19.8. The number of benzene rings is 3. The van der Waals surface area contributed by atoms with Crippen molar-refractivity contribution in [1.29, 1.82) is 0 Å². The molecule has 3 aromatic rings. The molecule has 0 aromatic heterocycles. The average Bonchev–Trinajstić information content (AvgIpc) is 3.14. The first-order chi connectivity index (χ1) is 17.9. The van der Waals surface area contributed by atoms with E-state index in [0.717, 1.165) is 35.1 Å². The first kappa shape index (κ1) is 26.7. The van der Waals surface area contributed by atoms with E-state index in [1.54, 1.807) is 24.3 Å². The van der Waals surface area contributed by atoms with Crippen LogP contribution < -0.4 is 9.47 Å². The minimum atomic E-state index is -1.13. The molecule has 0 radical (unpaired) electrons. The van der Waals surface area contributed by atoms with Crippen molar-refractivity contribution in [2.75, 3.05) is 13.2 Å². The molecule has 37 heavy (non-hydrogen) atoms. The highest BCUT2D eigenvalue weighted by molar-refractivity contribution is 8.26. The summed E-state index contributed by atoms with van der Waals surface area (Å²) in [5.74, 6) is -0.389. The van der Waals surface area contributed by atoms with Crippen molar-refractivity contribution in [3.63, 3.8) is 0 Å². The first-order valence-corrected chi connectivity index (χ1v) is 13.1. The molecule has 1 fully saturated rings. The van der Waals surface area contributed by atoms with E-state index in [0.29, 0.717) is 40.2 Å². The van der Waals surface area contributed by atoms with Crippen LogP contribution in [0, 0.1) is 0 Å². The van der Waals surface area contributed by atoms with Crippen molar-refractivity contribution < 1.29 is 24.2 Å². The Kier molecular flexibility index (Phi) is 9.22. The van der Waals surface area contributed by atoms with Crippen LogP contribution >= 0.6 is 35.6 Å². The summed E-state index contributed by atoms with van der Waals surface area (Å²) in [5.41, 5.74) is 2.82. The van der Waals surface area contributed by atoms with Gasteiger partial charge in [-0.15, -0.1) is 0 Å². The summed E-state index contributed by atoms with van der Waals surface area (Å²) in [6.07, 6.45) is 3.42. The van der Waals surface area contributed by atoms with E-state index in [-0.39, 0.29) is 4.32 Å². The smallest absolute Gasteiger partial charge is 0.323 e. The fourth-order valence-electron chi connectivity index (χ4n) is 3.63. The Bertz CT molecular complexity index is 1310. The number of carbonyl (C=O) groups is 2. The van der Waals surface area contributed by atoms with E-state index in [4.69, 9.17) is 38.4 Å². The number of rotatable bonds is 11. The Labute approximate surface area is 229 Å². The van der Waals surface area contributed by atoms with Gasteiger partial charge in [-0.25, -0.2) is 0 Å². The Morgan fingerprint density at radius 2 is 1.78 bits per heavy atom. The van der Waals surface area contributed by atoms with Crippen LogP contribution in [-0.2, 0) is 22.6 Å². The van der Waals surface area contributed by atoms with Crippen molar-refractivity contribution in [2.45, 2.75) is 19.4 Å². The predicted molar refractivity (Wildman–Crippen MR) is 150 cm³/mol. The maximum absolute atomic E-state index is 12.8. The molecular formula is C28H24ClNO5S2. The molecular weight excluding hydrogens is 530 g/mol. The number of carboxylic acids is 1. The van der Waals surface area contributed by atoms with Gasteiger partial charge in [0.1, 0.15) is 29.0 Å². The molecule has 1 heterocycles. The molecule has 1 aliphatic heterocycles. The van der Waals surface area contributed by atoms with Gasteiger partial charge in [-0.3, -0.25) is 14.5 Å². The van der Waals surface area contributed by atoms with E-state index in [9.17, 15) is 9.59 Å². The highest BCUT2D eigenvalue weighted by Crippen LogP contribution is 2.35. The third-order valence-corrected chi connectivity index (χ3v) is 7.09. The summed E-state index contributed by atoms with van der Waals surface area (Å²) in [6.45, 7) is 0.349. The van der Waals surface area contributed by atoms with Gasteiger partial charge in [0, 0.05) is 10.6 Å². The normalized spacial score (nSPS) is 14.3. The number of amides is 1. The number of aliphatic carboxylic acids is 1. The van der Waals surface area contributed by atoms with E-state index >= 15 is 0 Å². The zero-order valence-corrected chi connectivity index (χ0v) is 22.2. The molecule has 6 nitrogen and oxygen atoms in total. The zero-order chi connectivity index (χ0) is 26.2. The fourth-order valence-corrected chi connectivity index (χ4v) is 5.00. The fraction of sp³-hybridized carbons (Fsp3) is 0.179. The minimum absolute atomic E-state index is 0.204. The number of carbonyl (C=O) groups excluding carboxylic acids is 1. The lowest BCUT2D eigenvalue weighted by Crippen LogP contribution is -2.33. The quantitative estimate of drug-likeness (QED) is 0.172. The number of aryl methyl sites for hydroxylation is 1. The van der Waals surface area contributed by atoms with Gasteiger partial charge in [0.05, 0.1) is 11.5 Å². The summed E-state index contributed by atoms with van der Waals surface area (Å²) < 4.78 is 12.2. The number of carboxylic acid groups (broad SMARTS) is 1. The second-order valence-corrected chi connectivity index (χ2v) is 10.3. The van der Waals surface area contributed by atoms with E-state index in [1.807, 2.05) is 42.5 Å². The highest BCUT2D eigenvalue weighted by atomic mass is 35.5. The molecule has 0 spiro atoms. The molecule has 0 saturated carbocycles. The lowest BCUT2D eigenvalue weighted by molar-refractivity contribution is -0.140. The number of halogens is 1. The molecule has 0 unspecified atom stereocenters. The van der Waals surface area contributed by atoms with Crippen LogP contribution in [0.1, 0.15) is 23.1 Å². The summed E-state index contributed by atoms with van der Waals surface area (Å²) in [7, 11) is 0. The van der Waals surface area contributed by atoms with Crippen LogP contribution in [0.4, 0.5) is 0 Å². The van der Waals surface area contributed by atoms with Crippen molar-refractivity contribution in [2.24, 2.45) is 0 Å². The Morgan fingerprint density at radius 3 is 2.51 bits per heavy atom. The van der Waals surface area contributed by atoms with Gasteiger partial charge in [0.25, 0.3) is 5.91 Å². The average molecular weight is 554 g/mol. The van der Waals surface area contributed by atoms with Crippen molar-refractivity contribution in [3.8, 4) is 11.5 Å². The number of thiocarbonyl (C=S) groups is 1. The lowest BCUT2D eigenvalue weighted by atomic mass is 10.1. The minimum Gasteiger partial charge on any atom is -0.494 e. The molecule has 0 aliphatic carbocycles. The van der Waals surface area contributed by atoms with Crippen molar-refractivity contribution in [3.05, 3.63) is 99.4 Å². The van der Waals surface area contributed by atoms with E-state index < -0.39 is 18.4 Å². The lowest BCUT2D eigenvalue weighted by Gasteiger charge is -2.13. The van der Waals surface area contributed by atoms with Crippen LogP contribution in [0.2, 0.25) is 5.02 Å². The molecule has 0 bridgehead atoms.